The van der Waals surface area contributed by atoms with E-state index in [1.165, 1.54) is 38.5 Å². The number of carbonyl (C=O) groups excluding carboxylic acids is 1. The Labute approximate surface area is 241 Å². The van der Waals surface area contributed by atoms with Crippen molar-refractivity contribution in [1.82, 2.24) is 14.9 Å². The van der Waals surface area contributed by atoms with Gasteiger partial charge in [-0.1, -0.05) is 96.8 Å². The molecule has 0 bridgehead atoms. The third kappa shape index (κ3) is 5.63. The van der Waals surface area contributed by atoms with Gasteiger partial charge in [-0.25, -0.2) is 5.48 Å². The number of carbonyl (C=O) groups is 1. The number of nitrogens with one attached hydrogen (secondary N) is 1. The number of hydroxylamine groups is 1. The molecule has 6 rings (SSSR count). The monoisotopic (exact) mass is 541 g/mol. The van der Waals surface area contributed by atoms with Crippen LogP contribution in [0.2, 0.25) is 0 Å². The van der Waals surface area contributed by atoms with Crippen molar-refractivity contribution < 1.29 is 10.0 Å². The molecule has 1 aromatic heterocycles. The predicted molar refractivity (Wildman–Crippen MR) is 164 cm³/mol. The standard InChI is InChI=1S/C36H35N3O2/c1-2-39-34-13-7-6-12-31(34)32-19-16-28(23-35(32)39)25-38(22-8-11-26-9-4-3-5-10-26)24-27-14-17-29(18-15-27)30-20-21-33(30)36(40)37-41/h3-7,9-10,12-19,23,30,33,41H,2,8,11,22,24-25H2,1H3,(H,37,40). The van der Waals surface area contributed by atoms with E-state index in [0.717, 1.165) is 44.6 Å². The van der Waals surface area contributed by atoms with Crippen LogP contribution in [0.25, 0.3) is 21.8 Å². The van der Waals surface area contributed by atoms with Crippen molar-refractivity contribution in [2.24, 2.45) is 5.92 Å². The van der Waals surface area contributed by atoms with Gasteiger partial charge in [-0.15, -0.1) is 0 Å². The number of fused-ring (bicyclic) bond motifs is 3. The van der Waals surface area contributed by atoms with Gasteiger partial charge in [-0.2, -0.15) is 0 Å². The first-order chi connectivity index (χ1) is 20.1. The fourth-order valence-corrected chi connectivity index (χ4v) is 6.06. The number of para-hydroxylation sites is 1. The van der Waals surface area contributed by atoms with Crippen LogP contribution in [0.1, 0.15) is 41.5 Å². The molecule has 0 radical (unpaired) electrons. The van der Waals surface area contributed by atoms with Gasteiger partial charge in [0.25, 0.3) is 5.91 Å². The normalized spacial score (nSPS) is 16.0. The van der Waals surface area contributed by atoms with E-state index in [1.54, 1.807) is 5.48 Å². The minimum atomic E-state index is -0.492. The first-order valence-corrected chi connectivity index (χ1v) is 14.4. The second-order valence-electron chi connectivity index (χ2n) is 10.9. The van der Waals surface area contributed by atoms with Crippen molar-refractivity contribution in [3.05, 3.63) is 119 Å². The summed E-state index contributed by atoms with van der Waals surface area (Å²) in [5, 5.41) is 11.6. The van der Waals surface area contributed by atoms with Crippen LogP contribution < -0.4 is 5.48 Å². The Balaban J connectivity index is 1.22. The molecule has 0 aliphatic heterocycles. The van der Waals surface area contributed by atoms with Crippen LogP contribution in [0.15, 0.2) is 97.1 Å². The summed E-state index contributed by atoms with van der Waals surface area (Å²) in [5.41, 5.74) is 9.24. The number of aryl methyl sites for hydroxylation is 2. The van der Waals surface area contributed by atoms with E-state index in [2.05, 4.69) is 125 Å². The molecule has 1 heterocycles. The highest BCUT2D eigenvalue weighted by molar-refractivity contribution is 6.08. The maximum atomic E-state index is 11.9. The highest BCUT2D eigenvalue weighted by Gasteiger charge is 2.32. The molecule has 1 amide bonds. The van der Waals surface area contributed by atoms with Crippen molar-refractivity contribution in [1.29, 1.82) is 0 Å². The van der Waals surface area contributed by atoms with E-state index in [0.29, 0.717) is 0 Å². The summed E-state index contributed by atoms with van der Waals surface area (Å²) >= 11 is 0. The van der Waals surface area contributed by atoms with Gasteiger partial charge in [0.1, 0.15) is 5.92 Å². The Kier molecular flexibility index (Phi) is 7.86. The number of nitrogens with zero attached hydrogens (tertiary/aromatic N) is 2. The van der Waals surface area contributed by atoms with E-state index in [-0.39, 0.29) is 5.92 Å². The third-order valence-corrected chi connectivity index (χ3v) is 8.21. The Morgan fingerprint density at radius 1 is 0.829 bits per heavy atom. The number of benzene rings is 4. The predicted octanol–water partition coefficient (Wildman–Crippen LogP) is 6.67. The average Bonchev–Trinajstić information content (AvgIpc) is 3.30. The van der Waals surface area contributed by atoms with E-state index in [1.807, 2.05) is 0 Å². The van der Waals surface area contributed by atoms with Gasteiger partial charge in [0.05, 0.1) is 5.92 Å². The van der Waals surface area contributed by atoms with Gasteiger partial charge in [-0.05, 0) is 60.7 Å². The highest BCUT2D eigenvalue weighted by Crippen LogP contribution is 2.31. The minimum Gasteiger partial charge on any atom is -0.341 e. The molecule has 1 aliphatic carbocycles. The highest BCUT2D eigenvalue weighted by atomic mass is 16.5. The second-order valence-corrected chi connectivity index (χ2v) is 10.9. The lowest BCUT2D eigenvalue weighted by molar-refractivity contribution is -0.132. The molecule has 5 nitrogen and oxygen atoms in total. The number of aromatic nitrogens is 1. The summed E-state index contributed by atoms with van der Waals surface area (Å²) in [7, 11) is 0. The molecule has 5 aromatic rings. The molecule has 0 saturated heterocycles. The fourth-order valence-electron chi connectivity index (χ4n) is 6.06. The van der Waals surface area contributed by atoms with Gasteiger partial charge in [0.2, 0.25) is 0 Å². The van der Waals surface area contributed by atoms with Crippen LogP contribution in [0.4, 0.5) is 0 Å². The van der Waals surface area contributed by atoms with Crippen LogP contribution in [-0.2, 0) is 30.8 Å². The lowest BCUT2D eigenvalue weighted by atomic mass is 9.79. The Morgan fingerprint density at radius 2 is 1.54 bits per heavy atom. The Morgan fingerprint density at radius 3 is 2.27 bits per heavy atom. The van der Waals surface area contributed by atoms with Crippen molar-refractivity contribution >= 4 is 27.7 Å². The van der Waals surface area contributed by atoms with Gasteiger partial charge in [0, 0.05) is 41.4 Å². The SMILES string of the molecule is CCn1c2ccccc2c2ccc(CN(CCCc3ccccc3)Cc3ccc(C4C#CC4C(=O)NO)cc3)cc21. The molecule has 2 atom stereocenters. The van der Waals surface area contributed by atoms with Crippen LogP contribution in [0.3, 0.4) is 0 Å². The van der Waals surface area contributed by atoms with Gasteiger partial charge >= 0.3 is 0 Å². The molecule has 4 aromatic carbocycles. The number of hydrogen-bond acceptors (Lipinski definition) is 3. The van der Waals surface area contributed by atoms with Gasteiger partial charge in [0.15, 0.2) is 0 Å². The van der Waals surface area contributed by atoms with E-state index in [4.69, 9.17) is 5.21 Å². The van der Waals surface area contributed by atoms with Gasteiger partial charge < -0.3 is 4.57 Å². The van der Waals surface area contributed by atoms with E-state index < -0.39 is 11.8 Å². The summed E-state index contributed by atoms with van der Waals surface area (Å²) in [6.45, 7) is 5.84. The molecule has 0 fully saturated rings. The lowest BCUT2D eigenvalue weighted by Gasteiger charge is -2.25. The number of hydrogen-bond donors (Lipinski definition) is 2. The maximum Gasteiger partial charge on any atom is 0.260 e. The van der Waals surface area contributed by atoms with E-state index in [9.17, 15) is 4.79 Å². The zero-order valence-corrected chi connectivity index (χ0v) is 23.4. The number of rotatable bonds is 11. The first-order valence-electron chi connectivity index (χ1n) is 14.4. The molecular weight excluding hydrogens is 506 g/mol. The summed E-state index contributed by atoms with van der Waals surface area (Å²) in [6, 6.07) is 34.7. The van der Waals surface area contributed by atoms with Crippen LogP contribution >= 0.6 is 0 Å². The van der Waals surface area contributed by atoms with Crippen LogP contribution in [0.5, 0.6) is 0 Å². The number of amides is 1. The molecule has 5 heteroatoms. The Hall–Kier alpha value is -4.37. The zero-order valence-electron chi connectivity index (χ0n) is 23.4. The van der Waals surface area contributed by atoms with E-state index >= 15 is 0 Å². The van der Waals surface area contributed by atoms with Crippen molar-refractivity contribution in [3.8, 4) is 11.8 Å². The first kappa shape index (κ1) is 26.8. The molecular formula is C36H35N3O2. The van der Waals surface area contributed by atoms with Crippen molar-refractivity contribution in [2.45, 2.75) is 45.3 Å². The smallest absolute Gasteiger partial charge is 0.260 e. The molecule has 2 N–H and O–H groups in total. The lowest BCUT2D eigenvalue weighted by Crippen LogP contribution is -2.34. The maximum absolute atomic E-state index is 11.9. The molecule has 206 valence electrons. The molecule has 41 heavy (non-hydrogen) atoms. The quantitative estimate of drug-likeness (QED) is 0.112. The molecule has 1 aliphatic rings. The molecule has 2 unspecified atom stereocenters. The Bertz CT molecular complexity index is 1730. The largest absolute Gasteiger partial charge is 0.341 e. The second kappa shape index (κ2) is 12.0. The van der Waals surface area contributed by atoms with Crippen LogP contribution in [-0.4, -0.2) is 27.1 Å². The minimum absolute atomic E-state index is 0.171. The van der Waals surface area contributed by atoms with Gasteiger partial charge in [-0.3, -0.25) is 14.9 Å². The summed E-state index contributed by atoms with van der Waals surface area (Å²) in [6.07, 6.45) is 2.13. The van der Waals surface area contributed by atoms with Crippen molar-refractivity contribution in [3.63, 3.8) is 0 Å². The third-order valence-electron chi connectivity index (χ3n) is 8.21. The average molecular weight is 542 g/mol. The molecule has 0 saturated carbocycles. The summed E-state index contributed by atoms with van der Waals surface area (Å²) < 4.78 is 2.42. The topological polar surface area (TPSA) is 57.5 Å². The van der Waals surface area contributed by atoms with Crippen molar-refractivity contribution in [2.75, 3.05) is 6.54 Å². The zero-order chi connectivity index (χ0) is 28.2. The fraction of sp³-hybridized carbons (Fsp3) is 0.250. The molecule has 0 spiro atoms. The van der Waals surface area contributed by atoms with Crippen LogP contribution in [0, 0.1) is 17.8 Å². The summed E-state index contributed by atoms with van der Waals surface area (Å²) in [5.74, 6) is 4.81. The summed E-state index contributed by atoms with van der Waals surface area (Å²) in [4.78, 5) is 14.4.